The molecular formula is C13H8BrClN2O. The topological polar surface area (TPSA) is 45.9 Å². The van der Waals surface area contributed by atoms with Crippen LogP contribution in [0.15, 0.2) is 41.0 Å². The molecule has 0 fully saturated rings. The summed E-state index contributed by atoms with van der Waals surface area (Å²) in [5, 5.41) is 9.44. The van der Waals surface area contributed by atoms with Gasteiger partial charge in [0.15, 0.2) is 0 Å². The molecule has 90 valence electrons. The highest BCUT2D eigenvalue weighted by molar-refractivity contribution is 9.10. The molecule has 0 aliphatic heterocycles. The Morgan fingerprint density at radius 2 is 2.22 bits per heavy atom. The highest BCUT2D eigenvalue weighted by Crippen LogP contribution is 2.28. The van der Waals surface area contributed by atoms with Gasteiger partial charge in [-0.25, -0.2) is 4.98 Å². The second kappa shape index (κ2) is 5.85. The molecule has 0 atom stereocenters. The van der Waals surface area contributed by atoms with E-state index >= 15 is 0 Å². The predicted octanol–water partition coefficient (Wildman–Crippen LogP) is 3.95. The van der Waals surface area contributed by atoms with Crippen molar-refractivity contribution in [1.82, 2.24) is 4.98 Å². The number of nitriles is 1. The van der Waals surface area contributed by atoms with Crippen LogP contribution < -0.4 is 4.74 Å². The van der Waals surface area contributed by atoms with Crippen LogP contribution in [0.1, 0.15) is 11.3 Å². The Balaban J connectivity index is 2.17. The smallest absolute Gasteiger partial charge is 0.147 e. The number of ether oxygens (including phenoxy) is 1. The number of hydrogen-bond donors (Lipinski definition) is 0. The van der Waals surface area contributed by atoms with Crippen molar-refractivity contribution in [2.75, 3.05) is 0 Å². The van der Waals surface area contributed by atoms with Crippen molar-refractivity contribution in [2.24, 2.45) is 0 Å². The number of nitrogens with zero attached hydrogens (tertiary/aromatic N) is 2. The zero-order chi connectivity index (χ0) is 13.0. The Bertz CT molecular complexity index is 610. The van der Waals surface area contributed by atoms with Gasteiger partial charge in [-0.3, -0.25) is 0 Å². The monoisotopic (exact) mass is 322 g/mol. The van der Waals surface area contributed by atoms with E-state index in [0.29, 0.717) is 16.5 Å². The molecule has 0 saturated carbocycles. The highest BCUT2D eigenvalue weighted by atomic mass is 79.9. The molecule has 0 bridgehead atoms. The second-order valence-electron chi connectivity index (χ2n) is 3.49. The Hall–Kier alpha value is -1.57. The number of hydrogen-bond acceptors (Lipinski definition) is 3. The summed E-state index contributed by atoms with van der Waals surface area (Å²) in [6.45, 7) is 0.257. The standard InChI is InChI=1S/C13H8BrClN2O/c14-10-3-4-11(15)13(6-10)18-8-9-2-1-5-17-12(9)7-16/h1-6H,8H2. The van der Waals surface area contributed by atoms with Gasteiger partial charge in [0, 0.05) is 16.2 Å². The van der Waals surface area contributed by atoms with Crippen LogP contribution in [0, 0.1) is 11.3 Å². The third kappa shape index (κ3) is 3.00. The number of rotatable bonds is 3. The van der Waals surface area contributed by atoms with Crippen molar-refractivity contribution in [3.8, 4) is 11.8 Å². The van der Waals surface area contributed by atoms with E-state index in [4.69, 9.17) is 21.6 Å². The summed E-state index contributed by atoms with van der Waals surface area (Å²) in [6.07, 6.45) is 1.58. The first-order chi connectivity index (χ1) is 8.70. The molecule has 0 amide bonds. The molecule has 1 heterocycles. The van der Waals surface area contributed by atoms with Crippen LogP contribution in [0.25, 0.3) is 0 Å². The van der Waals surface area contributed by atoms with E-state index in [1.165, 1.54) is 0 Å². The third-order valence-corrected chi connectivity index (χ3v) is 3.08. The molecule has 0 N–H and O–H groups in total. The summed E-state index contributed by atoms with van der Waals surface area (Å²) in [5.41, 5.74) is 1.10. The number of pyridine rings is 1. The lowest BCUT2D eigenvalue weighted by Gasteiger charge is -2.09. The van der Waals surface area contributed by atoms with Crippen LogP contribution in [0.4, 0.5) is 0 Å². The Kier molecular flexibility index (Phi) is 4.19. The maximum Gasteiger partial charge on any atom is 0.147 e. The van der Waals surface area contributed by atoms with Crippen LogP contribution >= 0.6 is 27.5 Å². The fourth-order valence-corrected chi connectivity index (χ4v) is 1.91. The summed E-state index contributed by atoms with van der Waals surface area (Å²) < 4.78 is 6.48. The van der Waals surface area contributed by atoms with Crippen molar-refractivity contribution in [2.45, 2.75) is 6.61 Å². The summed E-state index contributed by atoms with van der Waals surface area (Å²) in [6, 6.07) is 11.0. The summed E-state index contributed by atoms with van der Waals surface area (Å²) in [5.74, 6) is 0.568. The normalized spacial score (nSPS) is 9.83. The molecule has 0 saturated heterocycles. The van der Waals surface area contributed by atoms with Crippen molar-refractivity contribution < 1.29 is 4.74 Å². The quantitative estimate of drug-likeness (QED) is 0.859. The molecule has 0 aliphatic rings. The number of benzene rings is 1. The van der Waals surface area contributed by atoms with Crippen molar-refractivity contribution in [1.29, 1.82) is 5.26 Å². The fraction of sp³-hybridized carbons (Fsp3) is 0.0769. The van der Waals surface area contributed by atoms with Crippen LogP contribution in [0.5, 0.6) is 5.75 Å². The van der Waals surface area contributed by atoms with E-state index in [1.807, 2.05) is 12.1 Å². The molecule has 0 radical (unpaired) electrons. The largest absolute Gasteiger partial charge is 0.487 e. The van der Waals surface area contributed by atoms with Gasteiger partial charge < -0.3 is 4.74 Å². The van der Waals surface area contributed by atoms with Gasteiger partial charge in [0.25, 0.3) is 0 Å². The molecule has 1 aromatic heterocycles. The minimum absolute atomic E-state index is 0.257. The average molecular weight is 324 g/mol. The zero-order valence-corrected chi connectivity index (χ0v) is 11.6. The molecular weight excluding hydrogens is 316 g/mol. The van der Waals surface area contributed by atoms with E-state index in [9.17, 15) is 0 Å². The maximum absolute atomic E-state index is 8.91. The van der Waals surface area contributed by atoms with Crippen molar-refractivity contribution >= 4 is 27.5 Å². The first-order valence-corrected chi connectivity index (χ1v) is 6.29. The third-order valence-electron chi connectivity index (χ3n) is 2.27. The van der Waals surface area contributed by atoms with E-state index in [-0.39, 0.29) is 6.61 Å². The second-order valence-corrected chi connectivity index (χ2v) is 4.81. The fourth-order valence-electron chi connectivity index (χ4n) is 1.40. The molecule has 0 unspecified atom stereocenters. The lowest BCUT2D eigenvalue weighted by atomic mass is 10.2. The van der Waals surface area contributed by atoms with Gasteiger partial charge in [0.2, 0.25) is 0 Å². The lowest BCUT2D eigenvalue weighted by Crippen LogP contribution is -2.00. The molecule has 3 nitrogen and oxygen atoms in total. The Morgan fingerprint density at radius 1 is 1.39 bits per heavy atom. The van der Waals surface area contributed by atoms with Crippen LogP contribution in [-0.4, -0.2) is 4.98 Å². The number of aromatic nitrogens is 1. The van der Waals surface area contributed by atoms with Gasteiger partial charge >= 0.3 is 0 Å². The Morgan fingerprint density at radius 3 is 3.00 bits per heavy atom. The van der Waals surface area contributed by atoms with Gasteiger partial charge in [0.1, 0.15) is 24.1 Å². The summed E-state index contributed by atoms with van der Waals surface area (Å²) >= 11 is 9.36. The Labute approximate surface area is 118 Å². The van der Waals surface area contributed by atoms with Gasteiger partial charge in [-0.15, -0.1) is 0 Å². The average Bonchev–Trinajstić information content (AvgIpc) is 2.40. The zero-order valence-electron chi connectivity index (χ0n) is 9.23. The molecule has 1 aromatic carbocycles. The summed E-state index contributed by atoms with van der Waals surface area (Å²) in [4.78, 5) is 3.97. The molecule has 18 heavy (non-hydrogen) atoms. The van der Waals surface area contributed by atoms with E-state index < -0.39 is 0 Å². The molecule has 5 heteroatoms. The lowest BCUT2D eigenvalue weighted by molar-refractivity contribution is 0.305. The summed E-state index contributed by atoms with van der Waals surface area (Å²) in [7, 11) is 0. The van der Waals surface area contributed by atoms with E-state index in [0.717, 1.165) is 10.0 Å². The van der Waals surface area contributed by atoms with Crippen molar-refractivity contribution in [3.05, 3.63) is 57.3 Å². The molecule has 0 aliphatic carbocycles. The minimum atomic E-state index is 0.257. The van der Waals surface area contributed by atoms with Crippen LogP contribution in [0.3, 0.4) is 0 Å². The first kappa shape index (κ1) is 12.9. The van der Waals surface area contributed by atoms with Crippen LogP contribution in [0.2, 0.25) is 5.02 Å². The minimum Gasteiger partial charge on any atom is -0.487 e. The van der Waals surface area contributed by atoms with Crippen LogP contribution in [-0.2, 0) is 6.61 Å². The molecule has 2 aromatic rings. The van der Waals surface area contributed by atoms with Gasteiger partial charge in [-0.2, -0.15) is 5.26 Å². The van der Waals surface area contributed by atoms with E-state index in [1.54, 1.807) is 30.5 Å². The van der Waals surface area contributed by atoms with Gasteiger partial charge in [-0.05, 0) is 24.3 Å². The number of halogens is 2. The van der Waals surface area contributed by atoms with E-state index in [2.05, 4.69) is 20.9 Å². The van der Waals surface area contributed by atoms with Gasteiger partial charge in [0.05, 0.1) is 5.02 Å². The SMILES string of the molecule is N#Cc1ncccc1COc1cc(Br)ccc1Cl. The molecule has 0 spiro atoms. The maximum atomic E-state index is 8.91. The highest BCUT2D eigenvalue weighted by Gasteiger charge is 2.06. The van der Waals surface area contributed by atoms with Crippen molar-refractivity contribution in [3.63, 3.8) is 0 Å². The van der Waals surface area contributed by atoms with Gasteiger partial charge in [-0.1, -0.05) is 33.6 Å². The first-order valence-electron chi connectivity index (χ1n) is 5.12. The molecule has 2 rings (SSSR count). The predicted molar refractivity (Wildman–Crippen MR) is 72.4 cm³/mol.